The van der Waals surface area contributed by atoms with Gasteiger partial charge in [-0.25, -0.2) is 9.97 Å². The van der Waals surface area contributed by atoms with Crippen molar-refractivity contribution < 1.29 is 9.53 Å². The molecular weight excluding hydrogens is 388 g/mol. The molecule has 1 atom stereocenters. The van der Waals surface area contributed by atoms with Crippen LogP contribution < -0.4 is 4.74 Å². The van der Waals surface area contributed by atoms with Gasteiger partial charge in [-0.15, -0.1) is 0 Å². The number of hydrogen-bond donors (Lipinski definition) is 0. The lowest BCUT2D eigenvalue weighted by Gasteiger charge is -2.18. The normalized spacial score (nSPS) is 15.8. The molecule has 1 saturated heterocycles. The van der Waals surface area contributed by atoms with Crippen molar-refractivity contribution in [3.8, 4) is 5.75 Å². The second-order valence-corrected chi connectivity index (χ2v) is 7.95. The second-order valence-electron chi connectivity index (χ2n) is 7.95. The molecule has 0 aliphatic carbocycles. The number of fused-ring (bicyclic) bond motifs is 1. The molecule has 0 bridgehead atoms. The maximum absolute atomic E-state index is 12.5. The van der Waals surface area contributed by atoms with Crippen molar-refractivity contribution in [3.63, 3.8) is 0 Å². The number of amides is 1. The number of aryl methyl sites for hydroxylation is 1. The van der Waals surface area contributed by atoms with E-state index in [1.54, 1.807) is 7.11 Å². The summed E-state index contributed by atoms with van der Waals surface area (Å²) in [7, 11) is 1.67. The number of nitrogens with zero attached hydrogens (tertiary/aromatic N) is 4. The molecule has 0 radical (unpaired) electrons. The van der Waals surface area contributed by atoms with Gasteiger partial charge in [0.2, 0.25) is 5.91 Å². The Morgan fingerprint density at radius 2 is 1.87 bits per heavy atom. The molecule has 1 fully saturated rings. The van der Waals surface area contributed by atoms with Crippen molar-refractivity contribution >= 4 is 17.1 Å². The molecule has 6 nitrogen and oxygen atoms in total. The van der Waals surface area contributed by atoms with E-state index in [0.29, 0.717) is 25.4 Å². The summed E-state index contributed by atoms with van der Waals surface area (Å²) in [6.07, 6.45) is 6.65. The Morgan fingerprint density at radius 3 is 2.55 bits per heavy atom. The Kier molecular flexibility index (Phi) is 7.66. The lowest BCUT2D eigenvalue weighted by atomic mass is 10.0. The van der Waals surface area contributed by atoms with Gasteiger partial charge in [0.15, 0.2) is 5.65 Å². The molecule has 0 spiro atoms. The number of carbonyl (C=O) groups excluding carboxylic acids is 1. The summed E-state index contributed by atoms with van der Waals surface area (Å²) in [4.78, 5) is 23.8. The molecular formula is C25H34N4O2. The molecule has 6 heteroatoms. The van der Waals surface area contributed by atoms with Crippen LogP contribution in [0, 0.1) is 12.8 Å². The minimum atomic E-state index is 0.255. The number of rotatable bonds is 7. The van der Waals surface area contributed by atoms with E-state index in [2.05, 4.69) is 33.6 Å². The van der Waals surface area contributed by atoms with Gasteiger partial charge in [0.05, 0.1) is 20.0 Å². The standard InChI is InChI=1S/C23H28N4O2.C2H6/c1-4-5-18-10-21(28)26(13-18)14-20-16(2)11-24-23-22(20)25-15-27(23)12-17-6-8-19(29-3)9-7-17;1-2/h6-9,11,15,18H,4-5,10,12-14H2,1-3H3;1-2H3. The number of imidazole rings is 1. The fourth-order valence-electron chi connectivity index (χ4n) is 4.19. The van der Waals surface area contributed by atoms with E-state index in [1.165, 1.54) is 0 Å². The predicted octanol–water partition coefficient (Wildman–Crippen LogP) is 4.97. The second kappa shape index (κ2) is 10.4. The quantitative estimate of drug-likeness (QED) is 0.539. The van der Waals surface area contributed by atoms with Crippen molar-refractivity contribution in [2.45, 2.75) is 60.0 Å². The van der Waals surface area contributed by atoms with Crippen LogP contribution in [0.15, 0.2) is 36.8 Å². The minimum Gasteiger partial charge on any atom is -0.497 e. The molecule has 1 aromatic carbocycles. The van der Waals surface area contributed by atoms with Gasteiger partial charge in [0, 0.05) is 31.3 Å². The molecule has 4 rings (SSSR count). The SMILES string of the molecule is CC.CCCC1CC(=O)N(Cc2c(C)cnc3c2ncn3Cc2ccc(OC)cc2)C1. The highest BCUT2D eigenvalue weighted by molar-refractivity contribution is 5.80. The van der Waals surface area contributed by atoms with Crippen LogP contribution in [-0.4, -0.2) is 39.0 Å². The number of pyridine rings is 1. The van der Waals surface area contributed by atoms with Gasteiger partial charge in [-0.1, -0.05) is 39.3 Å². The summed E-state index contributed by atoms with van der Waals surface area (Å²) < 4.78 is 7.30. The third-order valence-electron chi connectivity index (χ3n) is 5.80. The number of aromatic nitrogens is 3. The molecule has 1 aliphatic heterocycles. The fraction of sp³-hybridized carbons (Fsp3) is 0.480. The van der Waals surface area contributed by atoms with Crippen LogP contribution in [0.1, 0.15) is 56.7 Å². The maximum Gasteiger partial charge on any atom is 0.223 e. The van der Waals surface area contributed by atoms with E-state index in [-0.39, 0.29) is 5.91 Å². The lowest BCUT2D eigenvalue weighted by Crippen LogP contribution is -2.25. The smallest absolute Gasteiger partial charge is 0.223 e. The topological polar surface area (TPSA) is 60.2 Å². The van der Waals surface area contributed by atoms with Gasteiger partial charge in [0.25, 0.3) is 0 Å². The van der Waals surface area contributed by atoms with Gasteiger partial charge in [0.1, 0.15) is 11.3 Å². The van der Waals surface area contributed by atoms with Crippen molar-refractivity contribution in [2.75, 3.05) is 13.7 Å². The molecule has 0 N–H and O–H groups in total. The molecule has 0 saturated carbocycles. The zero-order valence-corrected chi connectivity index (χ0v) is 19.4. The summed E-state index contributed by atoms with van der Waals surface area (Å²) in [5.41, 5.74) is 5.10. The van der Waals surface area contributed by atoms with E-state index >= 15 is 0 Å². The number of benzene rings is 1. The molecule has 1 amide bonds. The number of hydrogen-bond acceptors (Lipinski definition) is 4. The number of likely N-dealkylation sites (tertiary alicyclic amines) is 1. The van der Waals surface area contributed by atoms with E-state index in [0.717, 1.165) is 53.0 Å². The highest BCUT2D eigenvalue weighted by Crippen LogP contribution is 2.27. The molecule has 3 heterocycles. The third kappa shape index (κ3) is 5.06. The van der Waals surface area contributed by atoms with Gasteiger partial charge in [-0.2, -0.15) is 0 Å². The molecule has 166 valence electrons. The van der Waals surface area contributed by atoms with Crippen molar-refractivity contribution in [1.82, 2.24) is 19.4 Å². The largest absolute Gasteiger partial charge is 0.497 e. The predicted molar refractivity (Wildman–Crippen MR) is 124 cm³/mol. The first kappa shape index (κ1) is 22.8. The van der Waals surface area contributed by atoms with E-state index in [9.17, 15) is 4.79 Å². The monoisotopic (exact) mass is 422 g/mol. The van der Waals surface area contributed by atoms with Crippen LogP contribution in [0.25, 0.3) is 11.2 Å². The van der Waals surface area contributed by atoms with Crippen molar-refractivity contribution in [2.24, 2.45) is 5.92 Å². The Labute approximate surface area is 185 Å². The number of carbonyl (C=O) groups is 1. The Hall–Kier alpha value is -2.89. The summed E-state index contributed by atoms with van der Waals surface area (Å²) in [6, 6.07) is 8.03. The van der Waals surface area contributed by atoms with Gasteiger partial charge in [-0.05, 0) is 42.5 Å². The molecule has 1 aliphatic rings. The van der Waals surface area contributed by atoms with Gasteiger partial charge < -0.3 is 14.2 Å². The zero-order chi connectivity index (χ0) is 22.4. The van der Waals surface area contributed by atoms with E-state index in [4.69, 9.17) is 4.74 Å². The molecule has 1 unspecified atom stereocenters. The highest BCUT2D eigenvalue weighted by atomic mass is 16.5. The van der Waals surface area contributed by atoms with Crippen LogP contribution in [0.2, 0.25) is 0 Å². The first-order chi connectivity index (χ1) is 15.1. The maximum atomic E-state index is 12.5. The minimum absolute atomic E-state index is 0.255. The molecule has 31 heavy (non-hydrogen) atoms. The first-order valence-corrected chi connectivity index (χ1v) is 11.3. The summed E-state index contributed by atoms with van der Waals surface area (Å²) >= 11 is 0. The highest BCUT2D eigenvalue weighted by Gasteiger charge is 2.29. The average molecular weight is 423 g/mol. The summed E-state index contributed by atoms with van der Waals surface area (Å²) in [6.45, 7) is 10.4. The average Bonchev–Trinajstić information content (AvgIpc) is 3.35. The van der Waals surface area contributed by atoms with Crippen molar-refractivity contribution in [3.05, 3.63) is 53.5 Å². The zero-order valence-electron chi connectivity index (χ0n) is 19.4. The third-order valence-corrected chi connectivity index (χ3v) is 5.80. The van der Waals surface area contributed by atoms with Crippen molar-refractivity contribution in [1.29, 1.82) is 0 Å². The van der Waals surface area contributed by atoms with Crippen LogP contribution in [0.3, 0.4) is 0 Å². The van der Waals surface area contributed by atoms with E-state index in [1.807, 2.05) is 50.3 Å². The van der Waals surface area contributed by atoms with Crippen LogP contribution in [0.5, 0.6) is 5.75 Å². The summed E-state index contributed by atoms with van der Waals surface area (Å²) in [5, 5.41) is 0. The van der Waals surface area contributed by atoms with Gasteiger partial charge in [-0.3, -0.25) is 4.79 Å². The Bertz CT molecular complexity index is 1010. The fourth-order valence-corrected chi connectivity index (χ4v) is 4.19. The molecule has 3 aromatic rings. The van der Waals surface area contributed by atoms with Crippen LogP contribution in [0.4, 0.5) is 0 Å². The van der Waals surface area contributed by atoms with Crippen LogP contribution in [-0.2, 0) is 17.9 Å². The Balaban J connectivity index is 0.00000132. The summed E-state index contributed by atoms with van der Waals surface area (Å²) in [5.74, 6) is 1.58. The first-order valence-electron chi connectivity index (χ1n) is 11.3. The van der Waals surface area contributed by atoms with Crippen LogP contribution >= 0.6 is 0 Å². The Morgan fingerprint density at radius 1 is 1.13 bits per heavy atom. The van der Waals surface area contributed by atoms with Gasteiger partial charge >= 0.3 is 0 Å². The van der Waals surface area contributed by atoms with E-state index < -0.39 is 0 Å². The number of methoxy groups -OCH3 is 1. The number of ether oxygens (including phenoxy) is 1. The molecule has 2 aromatic heterocycles. The lowest BCUT2D eigenvalue weighted by molar-refractivity contribution is -0.128.